The highest BCUT2D eigenvalue weighted by Crippen LogP contribution is 2.34. The Morgan fingerprint density at radius 1 is 1.33 bits per heavy atom. The second kappa shape index (κ2) is 4.05. The Morgan fingerprint density at radius 3 is 2.94 bits per heavy atom. The summed E-state index contributed by atoms with van der Waals surface area (Å²) in [6, 6.07) is 6.34. The fourth-order valence-corrected chi connectivity index (χ4v) is 2.28. The van der Waals surface area contributed by atoms with Crippen LogP contribution in [0.4, 0.5) is 6.01 Å². The van der Waals surface area contributed by atoms with E-state index < -0.39 is 0 Å². The normalized spacial score (nSPS) is 13.7. The number of fused-ring (bicyclic) bond motifs is 1. The molecule has 1 aliphatic heterocycles. The van der Waals surface area contributed by atoms with Gasteiger partial charge in [-0.25, -0.2) is 0 Å². The number of nitrogen functional groups attached to an aromatic ring is 1. The van der Waals surface area contributed by atoms with Gasteiger partial charge in [-0.2, -0.15) is 4.98 Å². The molecule has 0 amide bonds. The topological polar surface area (TPSA) is 61.3 Å². The second-order valence-electron chi connectivity index (χ2n) is 4.84. The molecule has 3 rings (SSSR count). The molecule has 1 aliphatic rings. The Kier molecular flexibility index (Phi) is 2.51. The summed E-state index contributed by atoms with van der Waals surface area (Å²) in [4.78, 5) is 4.30. The molecule has 18 heavy (non-hydrogen) atoms. The van der Waals surface area contributed by atoms with Crippen molar-refractivity contribution in [1.82, 2.24) is 4.98 Å². The number of aromatic nitrogens is 1. The van der Waals surface area contributed by atoms with Gasteiger partial charge >= 0.3 is 0 Å². The predicted octanol–water partition coefficient (Wildman–Crippen LogP) is 2.98. The molecule has 0 spiro atoms. The van der Waals surface area contributed by atoms with Crippen molar-refractivity contribution in [3.63, 3.8) is 0 Å². The van der Waals surface area contributed by atoms with Crippen molar-refractivity contribution in [3.8, 4) is 17.0 Å². The van der Waals surface area contributed by atoms with Crippen LogP contribution < -0.4 is 10.5 Å². The standard InChI is InChI=1S/C14H16N2O2/c1-8(2)13-12(16-14(15)18-13)10-3-4-11-9(7-10)5-6-17-11/h3-4,7-8H,5-6H2,1-2H3,(H2,15,16). The number of hydrogen-bond acceptors (Lipinski definition) is 4. The monoisotopic (exact) mass is 244 g/mol. The maximum absolute atomic E-state index is 5.66. The van der Waals surface area contributed by atoms with Crippen molar-refractivity contribution in [1.29, 1.82) is 0 Å². The van der Waals surface area contributed by atoms with Crippen LogP contribution in [-0.4, -0.2) is 11.6 Å². The van der Waals surface area contributed by atoms with E-state index >= 15 is 0 Å². The van der Waals surface area contributed by atoms with Gasteiger partial charge < -0.3 is 14.9 Å². The SMILES string of the molecule is CC(C)c1oc(N)nc1-c1ccc2c(c1)CCO2. The molecule has 0 unspecified atom stereocenters. The molecule has 94 valence electrons. The number of hydrogen-bond donors (Lipinski definition) is 1. The maximum atomic E-state index is 5.66. The van der Waals surface area contributed by atoms with Crippen molar-refractivity contribution in [2.75, 3.05) is 12.3 Å². The maximum Gasteiger partial charge on any atom is 0.292 e. The van der Waals surface area contributed by atoms with E-state index in [2.05, 4.69) is 24.9 Å². The summed E-state index contributed by atoms with van der Waals surface area (Å²) >= 11 is 0. The molecule has 2 aromatic rings. The Balaban J connectivity index is 2.09. The van der Waals surface area contributed by atoms with Gasteiger partial charge in [0.05, 0.1) is 6.61 Å². The molecule has 0 fully saturated rings. The summed E-state index contributed by atoms with van der Waals surface area (Å²) in [5, 5.41) is 0. The number of nitrogens with two attached hydrogens (primary N) is 1. The quantitative estimate of drug-likeness (QED) is 0.882. The Hall–Kier alpha value is -1.97. The first-order valence-corrected chi connectivity index (χ1v) is 6.17. The molecule has 1 aromatic carbocycles. The smallest absolute Gasteiger partial charge is 0.292 e. The second-order valence-corrected chi connectivity index (χ2v) is 4.84. The Morgan fingerprint density at radius 2 is 2.17 bits per heavy atom. The third-order valence-corrected chi connectivity index (χ3v) is 3.16. The van der Waals surface area contributed by atoms with E-state index in [4.69, 9.17) is 14.9 Å². The minimum absolute atomic E-state index is 0.227. The summed E-state index contributed by atoms with van der Waals surface area (Å²) in [5.41, 5.74) is 8.78. The zero-order valence-electron chi connectivity index (χ0n) is 10.6. The zero-order chi connectivity index (χ0) is 12.7. The van der Waals surface area contributed by atoms with Crippen LogP contribution >= 0.6 is 0 Å². The number of oxazole rings is 1. The van der Waals surface area contributed by atoms with Crippen LogP contribution in [0.25, 0.3) is 11.3 Å². The van der Waals surface area contributed by atoms with Gasteiger partial charge in [-0.3, -0.25) is 0 Å². The lowest BCUT2D eigenvalue weighted by Gasteiger charge is -2.05. The van der Waals surface area contributed by atoms with E-state index in [1.165, 1.54) is 5.56 Å². The summed E-state index contributed by atoms with van der Waals surface area (Å²) in [6.07, 6.45) is 0.952. The van der Waals surface area contributed by atoms with Crippen LogP contribution in [-0.2, 0) is 6.42 Å². The molecular formula is C14H16N2O2. The van der Waals surface area contributed by atoms with E-state index in [-0.39, 0.29) is 11.9 Å². The molecule has 2 N–H and O–H groups in total. The number of benzene rings is 1. The van der Waals surface area contributed by atoms with Gasteiger partial charge in [-0.15, -0.1) is 0 Å². The predicted molar refractivity (Wildman–Crippen MR) is 69.6 cm³/mol. The Labute approximate surface area is 106 Å². The van der Waals surface area contributed by atoms with Crippen molar-refractivity contribution in [2.24, 2.45) is 0 Å². The summed E-state index contributed by atoms with van der Waals surface area (Å²) < 4.78 is 11.0. The van der Waals surface area contributed by atoms with Crippen molar-refractivity contribution in [3.05, 3.63) is 29.5 Å². The molecule has 1 aromatic heterocycles. The average Bonchev–Trinajstić information content (AvgIpc) is 2.93. The van der Waals surface area contributed by atoms with Crippen molar-refractivity contribution >= 4 is 6.01 Å². The van der Waals surface area contributed by atoms with Gasteiger partial charge in [0.1, 0.15) is 17.2 Å². The molecular weight excluding hydrogens is 228 g/mol. The Bertz CT molecular complexity index is 587. The molecule has 0 aliphatic carbocycles. The summed E-state index contributed by atoms with van der Waals surface area (Å²) in [6.45, 7) is 4.90. The van der Waals surface area contributed by atoms with E-state index in [0.29, 0.717) is 0 Å². The lowest BCUT2D eigenvalue weighted by Crippen LogP contribution is -1.90. The largest absolute Gasteiger partial charge is 0.493 e. The lowest BCUT2D eigenvalue weighted by atomic mass is 10.0. The highest BCUT2D eigenvalue weighted by atomic mass is 16.5. The van der Waals surface area contributed by atoms with E-state index in [0.717, 1.165) is 35.8 Å². The lowest BCUT2D eigenvalue weighted by molar-refractivity contribution is 0.357. The fourth-order valence-electron chi connectivity index (χ4n) is 2.28. The third-order valence-electron chi connectivity index (χ3n) is 3.16. The molecule has 4 nitrogen and oxygen atoms in total. The number of rotatable bonds is 2. The molecule has 0 saturated heterocycles. The number of ether oxygens (including phenoxy) is 1. The highest BCUT2D eigenvalue weighted by Gasteiger charge is 2.19. The summed E-state index contributed by atoms with van der Waals surface area (Å²) in [5.74, 6) is 2.07. The van der Waals surface area contributed by atoms with Gasteiger partial charge in [0.2, 0.25) is 0 Å². The first kappa shape index (κ1) is 11.1. The molecule has 0 radical (unpaired) electrons. The van der Waals surface area contributed by atoms with E-state index in [1.807, 2.05) is 12.1 Å². The molecule has 0 bridgehead atoms. The van der Waals surface area contributed by atoms with Crippen LogP contribution in [0.2, 0.25) is 0 Å². The molecule has 0 atom stereocenters. The minimum Gasteiger partial charge on any atom is -0.493 e. The van der Waals surface area contributed by atoms with Crippen LogP contribution in [0.15, 0.2) is 22.6 Å². The van der Waals surface area contributed by atoms with Gasteiger partial charge in [-0.05, 0) is 23.8 Å². The highest BCUT2D eigenvalue weighted by molar-refractivity contribution is 5.66. The summed E-state index contributed by atoms with van der Waals surface area (Å²) in [7, 11) is 0. The van der Waals surface area contributed by atoms with Gasteiger partial charge in [0.15, 0.2) is 0 Å². The van der Waals surface area contributed by atoms with E-state index in [9.17, 15) is 0 Å². The van der Waals surface area contributed by atoms with Crippen LogP contribution in [0, 0.1) is 0 Å². The average molecular weight is 244 g/mol. The van der Waals surface area contributed by atoms with Crippen LogP contribution in [0.5, 0.6) is 5.75 Å². The van der Waals surface area contributed by atoms with Crippen LogP contribution in [0.3, 0.4) is 0 Å². The zero-order valence-corrected chi connectivity index (χ0v) is 10.6. The van der Waals surface area contributed by atoms with Gasteiger partial charge in [0.25, 0.3) is 6.01 Å². The first-order valence-electron chi connectivity index (χ1n) is 6.17. The van der Waals surface area contributed by atoms with Gasteiger partial charge in [-0.1, -0.05) is 13.8 Å². The molecule has 0 saturated carbocycles. The molecule has 4 heteroatoms. The van der Waals surface area contributed by atoms with Crippen molar-refractivity contribution in [2.45, 2.75) is 26.2 Å². The first-order chi connectivity index (χ1) is 8.65. The van der Waals surface area contributed by atoms with Crippen LogP contribution in [0.1, 0.15) is 31.1 Å². The van der Waals surface area contributed by atoms with Crippen molar-refractivity contribution < 1.29 is 9.15 Å². The fraction of sp³-hybridized carbons (Fsp3) is 0.357. The van der Waals surface area contributed by atoms with Gasteiger partial charge in [0, 0.05) is 17.9 Å². The third kappa shape index (κ3) is 1.74. The number of nitrogens with zero attached hydrogens (tertiary/aromatic N) is 1. The van der Waals surface area contributed by atoms with E-state index in [1.54, 1.807) is 0 Å². The number of anilines is 1. The minimum atomic E-state index is 0.227. The molecule has 2 heterocycles.